The van der Waals surface area contributed by atoms with E-state index >= 15 is 0 Å². The van der Waals surface area contributed by atoms with Gasteiger partial charge in [0.25, 0.3) is 0 Å². The highest BCUT2D eigenvalue weighted by molar-refractivity contribution is 5.81. The Hall–Kier alpha value is -2.45. The molecule has 7 nitrogen and oxygen atoms in total. The lowest BCUT2D eigenvalue weighted by molar-refractivity contribution is -0.218. The molecular weight excluding hydrogens is 400 g/mol. The first-order chi connectivity index (χ1) is 14.8. The number of ether oxygens (including phenoxy) is 5. The van der Waals surface area contributed by atoms with Crippen molar-refractivity contribution in [3.05, 3.63) is 65.7 Å². The summed E-state index contributed by atoms with van der Waals surface area (Å²) in [5.74, 6) is -0.993. The molecule has 1 aliphatic heterocycles. The third-order valence-electron chi connectivity index (χ3n) is 5.33. The monoisotopic (exact) mass is 430 g/mol. The summed E-state index contributed by atoms with van der Waals surface area (Å²) in [6.45, 7) is 3.48. The second-order valence-corrected chi connectivity index (χ2v) is 8.00. The molecule has 1 fully saturated rings. The number of hydrogen-bond donors (Lipinski definition) is 1. The van der Waals surface area contributed by atoms with Gasteiger partial charge < -0.3 is 28.8 Å². The molecule has 1 saturated heterocycles. The highest BCUT2D eigenvalue weighted by Crippen LogP contribution is 2.37. The van der Waals surface area contributed by atoms with Crippen molar-refractivity contribution in [3.63, 3.8) is 0 Å². The van der Waals surface area contributed by atoms with E-state index in [9.17, 15) is 9.90 Å². The summed E-state index contributed by atoms with van der Waals surface area (Å²) < 4.78 is 27.8. The molecule has 3 atom stereocenters. The first-order valence-corrected chi connectivity index (χ1v) is 10.2. The van der Waals surface area contributed by atoms with Gasteiger partial charge in [-0.2, -0.15) is 0 Å². The van der Waals surface area contributed by atoms with Gasteiger partial charge in [0.05, 0.1) is 33.5 Å². The van der Waals surface area contributed by atoms with Crippen molar-refractivity contribution in [2.45, 2.75) is 50.5 Å². The summed E-state index contributed by atoms with van der Waals surface area (Å²) in [7, 11) is 2.87. The topological polar surface area (TPSA) is 83.5 Å². The van der Waals surface area contributed by atoms with Crippen molar-refractivity contribution < 1.29 is 33.6 Å². The van der Waals surface area contributed by atoms with Gasteiger partial charge in [-0.05, 0) is 37.1 Å². The van der Waals surface area contributed by atoms with E-state index in [2.05, 4.69) is 0 Å². The molecule has 1 aliphatic rings. The van der Waals surface area contributed by atoms with E-state index in [1.165, 1.54) is 7.11 Å². The Kier molecular flexibility index (Phi) is 7.33. The third kappa shape index (κ3) is 5.43. The number of esters is 1. The largest absolute Gasteiger partial charge is 0.497 e. The van der Waals surface area contributed by atoms with Gasteiger partial charge in [0.1, 0.15) is 11.9 Å². The molecule has 0 bridgehead atoms. The van der Waals surface area contributed by atoms with Crippen LogP contribution in [-0.4, -0.2) is 55.5 Å². The summed E-state index contributed by atoms with van der Waals surface area (Å²) in [6.07, 6.45) is -1.69. The van der Waals surface area contributed by atoms with Gasteiger partial charge in [0, 0.05) is 6.42 Å². The van der Waals surface area contributed by atoms with E-state index in [0.717, 1.165) is 16.9 Å². The predicted octanol–water partition coefficient (Wildman–Crippen LogP) is 2.88. The van der Waals surface area contributed by atoms with Crippen LogP contribution in [0.3, 0.4) is 0 Å². The molecule has 0 unspecified atom stereocenters. The highest BCUT2D eigenvalue weighted by Gasteiger charge is 2.59. The van der Waals surface area contributed by atoms with Gasteiger partial charge in [-0.25, -0.2) is 4.79 Å². The van der Waals surface area contributed by atoms with Crippen LogP contribution in [-0.2, 0) is 36.8 Å². The average molecular weight is 430 g/mol. The quantitative estimate of drug-likeness (QED) is 0.613. The lowest BCUT2D eigenvalue weighted by atomic mass is 9.90. The zero-order valence-electron chi connectivity index (χ0n) is 18.4. The van der Waals surface area contributed by atoms with Gasteiger partial charge in [-0.3, -0.25) is 0 Å². The van der Waals surface area contributed by atoms with Crippen LogP contribution in [0.15, 0.2) is 54.6 Å². The Bertz CT molecular complexity index is 850. The molecule has 31 heavy (non-hydrogen) atoms. The van der Waals surface area contributed by atoms with Crippen LogP contribution < -0.4 is 4.74 Å². The standard InChI is InChI=1S/C24H30O7/c1-23(2)30-16-24(31-23,22(26)28-4)21(25)20(14-17-8-6-5-7-9-17)29-15-18-10-12-19(27-3)13-11-18/h5-13,20-21,25H,14-16H2,1-4H3/t20-,21+,24-/m0/s1. The first kappa shape index (κ1) is 23.2. The van der Waals surface area contributed by atoms with Crippen LogP contribution in [0.1, 0.15) is 25.0 Å². The fraction of sp³-hybridized carbons (Fsp3) is 0.458. The number of aliphatic hydroxyl groups excluding tert-OH is 1. The molecule has 2 aromatic carbocycles. The van der Waals surface area contributed by atoms with Gasteiger partial charge >= 0.3 is 5.97 Å². The third-order valence-corrected chi connectivity index (χ3v) is 5.33. The second kappa shape index (κ2) is 9.78. The van der Waals surface area contributed by atoms with Crippen molar-refractivity contribution >= 4 is 5.97 Å². The number of carbonyl (C=O) groups excluding carboxylic acids is 1. The van der Waals surface area contributed by atoms with Gasteiger partial charge in [0.15, 0.2) is 5.79 Å². The fourth-order valence-electron chi connectivity index (χ4n) is 3.65. The van der Waals surface area contributed by atoms with Crippen LogP contribution in [0.2, 0.25) is 0 Å². The number of hydrogen-bond acceptors (Lipinski definition) is 7. The summed E-state index contributed by atoms with van der Waals surface area (Å²) in [4.78, 5) is 12.7. The van der Waals surface area contributed by atoms with Gasteiger partial charge in [-0.15, -0.1) is 0 Å². The molecule has 0 saturated carbocycles. The zero-order valence-corrected chi connectivity index (χ0v) is 18.4. The maximum Gasteiger partial charge on any atom is 0.343 e. The molecule has 2 aromatic rings. The van der Waals surface area contributed by atoms with Crippen molar-refractivity contribution in [1.82, 2.24) is 0 Å². The van der Waals surface area contributed by atoms with E-state index in [1.807, 2.05) is 54.6 Å². The van der Waals surface area contributed by atoms with E-state index in [-0.39, 0.29) is 13.2 Å². The molecule has 0 aliphatic carbocycles. The molecule has 0 amide bonds. The maximum absolute atomic E-state index is 12.7. The number of benzene rings is 2. The molecular formula is C24H30O7. The summed E-state index contributed by atoms with van der Waals surface area (Å²) in [5, 5.41) is 11.4. The number of methoxy groups -OCH3 is 2. The molecule has 3 rings (SSSR count). The average Bonchev–Trinajstić information content (AvgIpc) is 3.13. The predicted molar refractivity (Wildman–Crippen MR) is 114 cm³/mol. The van der Waals surface area contributed by atoms with E-state index < -0.39 is 29.6 Å². The van der Waals surface area contributed by atoms with Gasteiger partial charge in [0.2, 0.25) is 5.60 Å². The molecule has 7 heteroatoms. The molecule has 0 radical (unpaired) electrons. The highest BCUT2D eigenvalue weighted by atomic mass is 16.8. The zero-order chi connectivity index (χ0) is 22.5. The lowest BCUT2D eigenvalue weighted by Crippen LogP contribution is -2.58. The molecule has 1 heterocycles. The van der Waals surface area contributed by atoms with Crippen molar-refractivity contribution in [3.8, 4) is 5.75 Å². The normalized spacial score (nSPS) is 22.0. The number of aliphatic hydroxyl groups is 1. The Labute approximate surface area is 182 Å². The maximum atomic E-state index is 12.7. The summed E-state index contributed by atoms with van der Waals surface area (Å²) in [5.41, 5.74) is 0.180. The van der Waals surface area contributed by atoms with E-state index in [0.29, 0.717) is 6.42 Å². The summed E-state index contributed by atoms with van der Waals surface area (Å²) >= 11 is 0. The van der Waals surface area contributed by atoms with Crippen LogP contribution in [0.25, 0.3) is 0 Å². The molecule has 168 valence electrons. The van der Waals surface area contributed by atoms with Crippen molar-refractivity contribution in [2.24, 2.45) is 0 Å². The second-order valence-electron chi connectivity index (χ2n) is 8.00. The molecule has 0 aromatic heterocycles. The van der Waals surface area contributed by atoms with Crippen LogP contribution in [0.4, 0.5) is 0 Å². The van der Waals surface area contributed by atoms with Crippen LogP contribution in [0, 0.1) is 0 Å². The molecule has 1 N–H and O–H groups in total. The fourth-order valence-corrected chi connectivity index (χ4v) is 3.65. The van der Waals surface area contributed by atoms with Gasteiger partial charge in [-0.1, -0.05) is 42.5 Å². The smallest absolute Gasteiger partial charge is 0.343 e. The molecule has 0 spiro atoms. The van der Waals surface area contributed by atoms with Crippen LogP contribution in [0.5, 0.6) is 5.75 Å². The van der Waals surface area contributed by atoms with Crippen molar-refractivity contribution in [2.75, 3.05) is 20.8 Å². The minimum atomic E-state index is -1.68. The van der Waals surface area contributed by atoms with Crippen molar-refractivity contribution in [1.29, 1.82) is 0 Å². The Morgan fingerprint density at radius 3 is 2.29 bits per heavy atom. The Morgan fingerprint density at radius 2 is 1.74 bits per heavy atom. The van der Waals surface area contributed by atoms with E-state index in [1.54, 1.807) is 21.0 Å². The minimum Gasteiger partial charge on any atom is -0.497 e. The minimum absolute atomic E-state index is 0.134. The Morgan fingerprint density at radius 1 is 1.06 bits per heavy atom. The first-order valence-electron chi connectivity index (χ1n) is 10.2. The SMILES string of the molecule is COC(=O)[C@@]1([C@H](O)[C@H](Cc2ccccc2)OCc2ccc(OC)cc2)COC(C)(C)O1. The lowest BCUT2D eigenvalue weighted by Gasteiger charge is -2.35. The summed E-state index contributed by atoms with van der Waals surface area (Å²) in [6, 6.07) is 17.1. The number of carbonyl (C=O) groups is 1. The van der Waals surface area contributed by atoms with Crippen LogP contribution >= 0.6 is 0 Å². The van der Waals surface area contributed by atoms with E-state index in [4.69, 9.17) is 23.7 Å². The number of rotatable bonds is 9. The Balaban J connectivity index is 1.85.